The van der Waals surface area contributed by atoms with E-state index >= 15 is 0 Å². The van der Waals surface area contributed by atoms with Gasteiger partial charge in [0.25, 0.3) is 5.56 Å². The van der Waals surface area contributed by atoms with Crippen LogP contribution in [-0.4, -0.2) is 23.1 Å². The van der Waals surface area contributed by atoms with Crippen LogP contribution in [-0.2, 0) is 6.54 Å². The number of piperidine rings is 1. The van der Waals surface area contributed by atoms with E-state index in [-0.39, 0.29) is 5.56 Å². The highest BCUT2D eigenvalue weighted by molar-refractivity contribution is 7.17. The lowest BCUT2D eigenvalue weighted by Gasteiger charge is -2.28. The molecule has 1 aliphatic rings. The standard InChI is InChI=1S/C24H24N4OS/c29-23-22-20(17-7-3-1-4-8-17)16-30-24(22)27-21(26-23)15-25-18-9-11-19(12-10-18)28-13-5-2-6-14-28/h1,3-4,7-12,16,25H,2,5-6,13-15H2,(H,26,27,29). The Morgan fingerprint density at radius 3 is 2.53 bits per heavy atom. The smallest absolute Gasteiger partial charge is 0.260 e. The van der Waals surface area contributed by atoms with Gasteiger partial charge in [0.05, 0.1) is 11.9 Å². The van der Waals surface area contributed by atoms with Crippen molar-refractivity contribution in [2.45, 2.75) is 25.8 Å². The summed E-state index contributed by atoms with van der Waals surface area (Å²) in [7, 11) is 0. The van der Waals surface area contributed by atoms with Gasteiger partial charge in [0.2, 0.25) is 0 Å². The molecule has 2 aromatic heterocycles. The number of nitrogens with zero attached hydrogens (tertiary/aromatic N) is 2. The van der Waals surface area contributed by atoms with Crippen LogP contribution in [0.2, 0.25) is 0 Å². The van der Waals surface area contributed by atoms with Crippen LogP contribution in [0.15, 0.2) is 64.8 Å². The second-order valence-electron chi connectivity index (χ2n) is 7.66. The quantitative estimate of drug-likeness (QED) is 0.466. The molecule has 0 bridgehead atoms. The van der Waals surface area contributed by atoms with Crippen molar-refractivity contribution in [3.05, 3.63) is 76.2 Å². The number of aromatic amines is 1. The first-order chi connectivity index (χ1) is 14.8. The molecule has 4 aromatic rings. The van der Waals surface area contributed by atoms with Gasteiger partial charge in [-0.2, -0.15) is 0 Å². The van der Waals surface area contributed by atoms with E-state index in [1.165, 1.54) is 36.3 Å². The first-order valence-corrected chi connectivity index (χ1v) is 11.3. The molecule has 0 atom stereocenters. The summed E-state index contributed by atoms with van der Waals surface area (Å²) < 4.78 is 0. The number of hydrogen-bond donors (Lipinski definition) is 2. The minimum absolute atomic E-state index is 0.0858. The third kappa shape index (κ3) is 3.83. The van der Waals surface area contributed by atoms with Crippen molar-refractivity contribution in [1.29, 1.82) is 0 Å². The fourth-order valence-corrected chi connectivity index (χ4v) is 5.00. The molecule has 1 aliphatic heterocycles. The summed E-state index contributed by atoms with van der Waals surface area (Å²) in [6.45, 7) is 2.76. The molecule has 0 radical (unpaired) electrons. The lowest BCUT2D eigenvalue weighted by molar-refractivity contribution is 0.578. The van der Waals surface area contributed by atoms with E-state index < -0.39 is 0 Å². The summed E-state index contributed by atoms with van der Waals surface area (Å²) >= 11 is 1.51. The maximum absolute atomic E-state index is 12.8. The molecule has 6 heteroatoms. The predicted molar refractivity (Wildman–Crippen MR) is 126 cm³/mol. The molecule has 2 aromatic carbocycles. The highest BCUT2D eigenvalue weighted by Gasteiger charge is 2.13. The Labute approximate surface area is 179 Å². The summed E-state index contributed by atoms with van der Waals surface area (Å²) in [5.74, 6) is 0.647. The van der Waals surface area contributed by atoms with Gasteiger partial charge in [-0.15, -0.1) is 11.3 Å². The summed E-state index contributed by atoms with van der Waals surface area (Å²) in [6, 6.07) is 18.5. The maximum Gasteiger partial charge on any atom is 0.260 e. The van der Waals surface area contributed by atoms with Crippen LogP contribution in [0, 0.1) is 0 Å². The number of fused-ring (bicyclic) bond motifs is 1. The van der Waals surface area contributed by atoms with Crippen LogP contribution < -0.4 is 15.8 Å². The molecule has 5 rings (SSSR count). The molecule has 0 aliphatic carbocycles. The Morgan fingerprint density at radius 2 is 1.77 bits per heavy atom. The van der Waals surface area contributed by atoms with E-state index in [1.54, 1.807) is 0 Å². The normalized spacial score (nSPS) is 14.2. The first-order valence-electron chi connectivity index (χ1n) is 10.4. The molecule has 3 heterocycles. The van der Waals surface area contributed by atoms with Crippen LogP contribution in [0.5, 0.6) is 0 Å². The molecule has 152 valence electrons. The van der Waals surface area contributed by atoms with Crippen molar-refractivity contribution in [2.75, 3.05) is 23.3 Å². The van der Waals surface area contributed by atoms with Gasteiger partial charge < -0.3 is 15.2 Å². The van der Waals surface area contributed by atoms with Gasteiger partial charge in [-0.1, -0.05) is 30.3 Å². The van der Waals surface area contributed by atoms with Gasteiger partial charge >= 0.3 is 0 Å². The van der Waals surface area contributed by atoms with Gasteiger partial charge in [-0.25, -0.2) is 4.98 Å². The fourth-order valence-electron chi connectivity index (χ4n) is 4.04. The number of rotatable bonds is 5. The largest absolute Gasteiger partial charge is 0.378 e. The van der Waals surface area contributed by atoms with Gasteiger partial charge in [0.15, 0.2) is 0 Å². The lowest BCUT2D eigenvalue weighted by Crippen LogP contribution is -2.29. The average Bonchev–Trinajstić information content (AvgIpc) is 3.24. The first kappa shape index (κ1) is 18.9. The van der Waals surface area contributed by atoms with E-state index in [0.717, 1.165) is 34.7 Å². The topological polar surface area (TPSA) is 61.0 Å². The minimum atomic E-state index is -0.0858. The van der Waals surface area contributed by atoms with Crippen molar-refractivity contribution in [3.8, 4) is 11.1 Å². The van der Waals surface area contributed by atoms with Crippen LogP contribution in [0.1, 0.15) is 25.1 Å². The Kier molecular flexibility index (Phi) is 5.24. The van der Waals surface area contributed by atoms with E-state index in [1.807, 2.05) is 35.7 Å². The van der Waals surface area contributed by atoms with Crippen molar-refractivity contribution < 1.29 is 0 Å². The van der Waals surface area contributed by atoms with Crippen LogP contribution in [0.4, 0.5) is 11.4 Å². The Morgan fingerprint density at radius 1 is 1.00 bits per heavy atom. The SMILES string of the molecule is O=c1[nH]c(CNc2ccc(N3CCCCC3)cc2)nc2scc(-c3ccccc3)c12. The molecule has 0 saturated carbocycles. The predicted octanol–water partition coefficient (Wildman–Crippen LogP) is 5.25. The van der Waals surface area contributed by atoms with Gasteiger partial charge in [0, 0.05) is 35.4 Å². The Balaban J connectivity index is 1.32. The van der Waals surface area contributed by atoms with Crippen LogP contribution >= 0.6 is 11.3 Å². The Hall–Kier alpha value is -3.12. The van der Waals surface area contributed by atoms with Crippen molar-refractivity contribution in [1.82, 2.24) is 9.97 Å². The summed E-state index contributed by atoms with van der Waals surface area (Å²) in [5.41, 5.74) is 4.19. The second kappa shape index (κ2) is 8.32. The van der Waals surface area contributed by atoms with Gasteiger partial charge in [-0.3, -0.25) is 4.79 Å². The zero-order valence-corrected chi connectivity index (χ0v) is 17.5. The zero-order chi connectivity index (χ0) is 20.3. The number of benzene rings is 2. The molecule has 5 nitrogen and oxygen atoms in total. The molecule has 0 unspecified atom stereocenters. The van der Waals surface area contributed by atoms with Crippen molar-refractivity contribution in [3.63, 3.8) is 0 Å². The van der Waals surface area contributed by atoms with Gasteiger partial charge in [0.1, 0.15) is 10.7 Å². The lowest BCUT2D eigenvalue weighted by atomic mass is 10.1. The highest BCUT2D eigenvalue weighted by atomic mass is 32.1. The number of thiophene rings is 1. The second-order valence-corrected chi connectivity index (χ2v) is 8.51. The molecular formula is C24H24N4OS. The molecule has 1 fully saturated rings. The molecule has 30 heavy (non-hydrogen) atoms. The van der Waals surface area contributed by atoms with Crippen LogP contribution in [0.25, 0.3) is 21.3 Å². The van der Waals surface area contributed by atoms with Gasteiger partial charge in [-0.05, 0) is 49.1 Å². The summed E-state index contributed by atoms with van der Waals surface area (Å²) in [6.07, 6.45) is 3.88. The van der Waals surface area contributed by atoms with Crippen LogP contribution in [0.3, 0.4) is 0 Å². The molecular weight excluding hydrogens is 392 g/mol. The molecule has 2 N–H and O–H groups in total. The average molecular weight is 417 g/mol. The number of anilines is 2. The van der Waals surface area contributed by atoms with Crippen molar-refractivity contribution in [2.24, 2.45) is 0 Å². The molecule has 0 spiro atoms. The van der Waals surface area contributed by atoms with Crippen molar-refractivity contribution >= 4 is 32.9 Å². The monoisotopic (exact) mass is 416 g/mol. The molecule has 0 amide bonds. The van der Waals surface area contributed by atoms with E-state index in [9.17, 15) is 4.79 Å². The number of hydrogen-bond acceptors (Lipinski definition) is 5. The third-order valence-corrected chi connectivity index (χ3v) is 6.50. The highest BCUT2D eigenvalue weighted by Crippen LogP contribution is 2.30. The maximum atomic E-state index is 12.8. The fraction of sp³-hybridized carbons (Fsp3) is 0.250. The number of aromatic nitrogens is 2. The number of H-pyrrole nitrogens is 1. The zero-order valence-electron chi connectivity index (χ0n) is 16.7. The van der Waals surface area contributed by atoms with E-state index in [0.29, 0.717) is 17.8 Å². The minimum Gasteiger partial charge on any atom is -0.378 e. The molecule has 1 saturated heterocycles. The third-order valence-electron chi connectivity index (χ3n) is 5.63. The number of nitrogens with one attached hydrogen (secondary N) is 2. The summed E-state index contributed by atoms with van der Waals surface area (Å²) in [5, 5.41) is 6.06. The van der Waals surface area contributed by atoms with E-state index in [2.05, 4.69) is 44.5 Å². The van der Waals surface area contributed by atoms with E-state index in [4.69, 9.17) is 0 Å². The Bertz CT molecular complexity index is 1190. The summed E-state index contributed by atoms with van der Waals surface area (Å²) in [4.78, 5) is 23.6.